The van der Waals surface area contributed by atoms with Gasteiger partial charge in [-0.1, -0.05) is 12.1 Å². The Morgan fingerprint density at radius 3 is 2.52 bits per heavy atom. The fourth-order valence-corrected chi connectivity index (χ4v) is 4.12. The third-order valence-electron chi connectivity index (χ3n) is 4.44. The van der Waals surface area contributed by atoms with Gasteiger partial charge in [0.1, 0.15) is 17.2 Å². The van der Waals surface area contributed by atoms with Crippen LogP contribution in [0.25, 0.3) is 0 Å². The van der Waals surface area contributed by atoms with Gasteiger partial charge in [0, 0.05) is 13.6 Å². The van der Waals surface area contributed by atoms with Crippen molar-refractivity contribution in [3.05, 3.63) is 59.4 Å². The molecule has 1 aliphatic heterocycles. The molecule has 25 heavy (non-hydrogen) atoms. The molecule has 0 amide bonds. The second-order valence-electron chi connectivity index (χ2n) is 7.02. The molecule has 0 bridgehead atoms. The van der Waals surface area contributed by atoms with Crippen LogP contribution < -0.4 is 4.74 Å². The van der Waals surface area contributed by atoms with Gasteiger partial charge < -0.3 is 4.74 Å². The molecule has 0 saturated carbocycles. The maximum absolute atomic E-state index is 13.0. The summed E-state index contributed by atoms with van der Waals surface area (Å²) >= 11 is 0. The number of hydrogen-bond acceptors (Lipinski definition) is 3. The van der Waals surface area contributed by atoms with Crippen LogP contribution in [0.4, 0.5) is 4.39 Å². The zero-order valence-corrected chi connectivity index (χ0v) is 15.4. The van der Waals surface area contributed by atoms with Gasteiger partial charge >= 0.3 is 0 Å². The highest BCUT2D eigenvalue weighted by Gasteiger charge is 2.28. The van der Waals surface area contributed by atoms with Crippen molar-refractivity contribution in [1.29, 1.82) is 0 Å². The Hall–Kier alpha value is -1.92. The first-order valence-electron chi connectivity index (χ1n) is 8.20. The fourth-order valence-electron chi connectivity index (χ4n) is 2.91. The zero-order chi connectivity index (χ0) is 18.2. The van der Waals surface area contributed by atoms with Crippen LogP contribution in [-0.4, -0.2) is 25.4 Å². The molecule has 0 aliphatic carbocycles. The van der Waals surface area contributed by atoms with E-state index in [1.54, 1.807) is 30.3 Å². The largest absolute Gasteiger partial charge is 0.488 e. The highest BCUT2D eigenvalue weighted by atomic mass is 32.2. The van der Waals surface area contributed by atoms with Gasteiger partial charge in [-0.3, -0.25) is 0 Å². The molecule has 0 atom stereocenters. The summed E-state index contributed by atoms with van der Waals surface area (Å²) in [4.78, 5) is 0.249. The summed E-state index contributed by atoms with van der Waals surface area (Å²) in [6, 6.07) is 10.8. The van der Waals surface area contributed by atoms with Crippen molar-refractivity contribution in [2.75, 3.05) is 7.05 Å². The maximum Gasteiger partial charge on any atom is 0.243 e. The summed E-state index contributed by atoms with van der Waals surface area (Å²) in [6.45, 7) is 4.23. The lowest BCUT2D eigenvalue weighted by molar-refractivity contribution is 0.0845. The summed E-state index contributed by atoms with van der Waals surface area (Å²) in [5, 5.41) is 0. The summed E-state index contributed by atoms with van der Waals surface area (Å²) in [7, 11) is -2.10. The summed E-state index contributed by atoms with van der Waals surface area (Å²) in [5.74, 6) is 0.406. The van der Waals surface area contributed by atoms with Crippen molar-refractivity contribution in [2.45, 2.75) is 43.7 Å². The minimum Gasteiger partial charge on any atom is -0.488 e. The Bertz CT molecular complexity index is 876. The van der Waals surface area contributed by atoms with Crippen LogP contribution in [0.5, 0.6) is 5.75 Å². The summed E-state index contributed by atoms with van der Waals surface area (Å²) in [5.41, 5.74) is 1.42. The SMILES string of the molecule is CN(Cc1ccc(F)cc1)S(=O)(=O)c1ccc2c(c1)CCC(C)(C)O2. The molecule has 0 radical (unpaired) electrons. The molecule has 2 aromatic rings. The minimum absolute atomic E-state index is 0.184. The van der Waals surface area contributed by atoms with Crippen LogP contribution in [-0.2, 0) is 23.0 Å². The standard InChI is InChI=1S/C19H22FNO3S/c1-19(2)11-10-15-12-17(8-9-18(15)24-19)25(22,23)21(3)13-14-4-6-16(20)7-5-14/h4-9,12H,10-11,13H2,1-3H3. The molecule has 0 unspecified atom stereocenters. The minimum atomic E-state index is -3.63. The number of benzene rings is 2. The van der Waals surface area contributed by atoms with E-state index in [4.69, 9.17) is 4.74 Å². The van der Waals surface area contributed by atoms with Crippen molar-refractivity contribution in [3.63, 3.8) is 0 Å². The van der Waals surface area contributed by atoms with E-state index >= 15 is 0 Å². The van der Waals surface area contributed by atoms with E-state index in [0.29, 0.717) is 0 Å². The predicted octanol–water partition coefficient (Wildman–Crippen LogP) is 3.75. The van der Waals surface area contributed by atoms with Crippen LogP contribution in [0.15, 0.2) is 47.4 Å². The molecule has 3 rings (SSSR count). The summed E-state index contributed by atoms with van der Waals surface area (Å²) < 4.78 is 45.8. The average molecular weight is 363 g/mol. The number of sulfonamides is 1. The molecule has 2 aromatic carbocycles. The number of halogens is 1. The van der Waals surface area contributed by atoms with Crippen molar-refractivity contribution in [1.82, 2.24) is 4.31 Å². The van der Waals surface area contributed by atoms with E-state index in [1.165, 1.54) is 23.5 Å². The number of ether oxygens (including phenoxy) is 1. The topological polar surface area (TPSA) is 46.6 Å². The first-order valence-corrected chi connectivity index (χ1v) is 9.64. The molecule has 0 saturated heterocycles. The Morgan fingerprint density at radius 2 is 1.84 bits per heavy atom. The molecule has 0 aromatic heterocycles. The Morgan fingerprint density at radius 1 is 1.16 bits per heavy atom. The number of hydrogen-bond donors (Lipinski definition) is 0. The van der Waals surface area contributed by atoms with E-state index in [9.17, 15) is 12.8 Å². The van der Waals surface area contributed by atoms with Crippen LogP contribution >= 0.6 is 0 Å². The van der Waals surface area contributed by atoms with E-state index in [0.717, 1.165) is 29.7 Å². The molecular formula is C19H22FNO3S. The van der Waals surface area contributed by atoms with Gasteiger partial charge in [-0.25, -0.2) is 12.8 Å². The molecule has 6 heteroatoms. The van der Waals surface area contributed by atoms with Crippen LogP contribution in [0.1, 0.15) is 31.4 Å². The molecule has 134 valence electrons. The lowest BCUT2D eigenvalue weighted by Crippen LogP contribution is -2.33. The molecule has 0 fully saturated rings. The Labute approximate surface area is 148 Å². The normalized spacial score (nSPS) is 16.4. The second kappa shape index (κ2) is 6.42. The molecule has 4 nitrogen and oxygen atoms in total. The van der Waals surface area contributed by atoms with Gasteiger partial charge in [0.2, 0.25) is 10.0 Å². The van der Waals surface area contributed by atoms with E-state index in [1.807, 2.05) is 13.8 Å². The van der Waals surface area contributed by atoms with Crippen LogP contribution in [0.3, 0.4) is 0 Å². The number of aryl methyl sites for hydroxylation is 1. The third-order valence-corrected chi connectivity index (χ3v) is 6.24. The smallest absolute Gasteiger partial charge is 0.243 e. The molecule has 1 aliphatic rings. The van der Waals surface area contributed by atoms with Gasteiger partial charge in [0.05, 0.1) is 4.90 Å². The monoisotopic (exact) mass is 363 g/mol. The molecule has 0 spiro atoms. The lowest BCUT2D eigenvalue weighted by Gasteiger charge is -2.32. The molecule has 0 N–H and O–H groups in total. The molecule has 1 heterocycles. The maximum atomic E-state index is 13.0. The summed E-state index contributed by atoms with van der Waals surface area (Å²) in [6.07, 6.45) is 1.63. The molecular weight excluding hydrogens is 341 g/mol. The Kier molecular flexibility index (Phi) is 4.60. The fraction of sp³-hybridized carbons (Fsp3) is 0.368. The number of rotatable bonds is 4. The van der Waals surface area contributed by atoms with E-state index in [-0.39, 0.29) is 22.9 Å². The zero-order valence-electron chi connectivity index (χ0n) is 14.6. The van der Waals surface area contributed by atoms with Crippen molar-refractivity contribution >= 4 is 10.0 Å². The van der Waals surface area contributed by atoms with Gasteiger partial charge in [-0.05, 0) is 68.1 Å². The van der Waals surface area contributed by atoms with Gasteiger partial charge in [0.15, 0.2) is 0 Å². The second-order valence-corrected chi connectivity index (χ2v) is 9.06. The van der Waals surface area contributed by atoms with Crippen molar-refractivity contribution in [2.24, 2.45) is 0 Å². The predicted molar refractivity (Wildman–Crippen MR) is 94.5 cm³/mol. The first-order chi connectivity index (χ1) is 11.7. The Balaban J connectivity index is 1.83. The average Bonchev–Trinajstić information content (AvgIpc) is 2.55. The van der Waals surface area contributed by atoms with Crippen molar-refractivity contribution < 1.29 is 17.5 Å². The van der Waals surface area contributed by atoms with E-state index < -0.39 is 10.0 Å². The van der Waals surface area contributed by atoms with Gasteiger partial charge in [0.25, 0.3) is 0 Å². The highest BCUT2D eigenvalue weighted by molar-refractivity contribution is 7.89. The first kappa shape index (κ1) is 17.9. The number of nitrogens with zero attached hydrogens (tertiary/aromatic N) is 1. The van der Waals surface area contributed by atoms with E-state index in [2.05, 4.69) is 0 Å². The quantitative estimate of drug-likeness (QED) is 0.831. The highest BCUT2D eigenvalue weighted by Crippen LogP contribution is 2.34. The third kappa shape index (κ3) is 3.85. The number of fused-ring (bicyclic) bond motifs is 1. The van der Waals surface area contributed by atoms with Crippen molar-refractivity contribution in [3.8, 4) is 5.75 Å². The van der Waals surface area contributed by atoms with Gasteiger partial charge in [-0.2, -0.15) is 4.31 Å². The van der Waals surface area contributed by atoms with Gasteiger partial charge in [-0.15, -0.1) is 0 Å². The van der Waals surface area contributed by atoms with Crippen LogP contribution in [0.2, 0.25) is 0 Å². The van der Waals surface area contributed by atoms with Crippen LogP contribution in [0, 0.1) is 5.82 Å². The lowest BCUT2D eigenvalue weighted by atomic mass is 9.94.